The van der Waals surface area contributed by atoms with E-state index in [9.17, 15) is 0 Å². The second kappa shape index (κ2) is 8.76. The third kappa shape index (κ3) is 7.41. The summed E-state index contributed by atoms with van der Waals surface area (Å²) in [5.41, 5.74) is 0. The van der Waals surface area contributed by atoms with E-state index in [1.807, 2.05) is 0 Å². The van der Waals surface area contributed by atoms with Gasteiger partial charge in [0.1, 0.15) is 0 Å². The van der Waals surface area contributed by atoms with Gasteiger partial charge in [0.15, 0.2) is 0 Å². The van der Waals surface area contributed by atoms with Gasteiger partial charge >= 0.3 is 0 Å². The molecule has 0 bridgehead atoms. The average Bonchev–Trinajstić information content (AvgIpc) is 2.16. The van der Waals surface area contributed by atoms with E-state index in [1.165, 1.54) is 12.8 Å². The Labute approximate surface area is 95.4 Å². The summed E-state index contributed by atoms with van der Waals surface area (Å²) >= 11 is 0. The summed E-state index contributed by atoms with van der Waals surface area (Å²) in [4.78, 5) is 2.38. The molecule has 2 nitrogen and oxygen atoms in total. The molecule has 0 aromatic heterocycles. The van der Waals surface area contributed by atoms with Crippen molar-refractivity contribution >= 4 is 0 Å². The monoisotopic (exact) mass is 210 g/mol. The van der Waals surface area contributed by atoms with Gasteiger partial charge in [-0.3, -0.25) is 4.90 Å². The predicted octanol–water partition coefficient (Wildman–Crippen LogP) is 2.11. The van der Waals surface area contributed by atoms with Crippen LogP contribution in [0.3, 0.4) is 0 Å². The molecule has 0 aliphatic rings. The van der Waals surface area contributed by atoms with Gasteiger partial charge in [0.05, 0.1) is 6.54 Å². The third-order valence-corrected chi connectivity index (χ3v) is 2.54. The maximum atomic E-state index is 5.37. The van der Waals surface area contributed by atoms with Crippen LogP contribution in [0.4, 0.5) is 0 Å². The van der Waals surface area contributed by atoms with Crippen molar-refractivity contribution in [3.63, 3.8) is 0 Å². The van der Waals surface area contributed by atoms with Crippen molar-refractivity contribution < 1.29 is 0 Å². The van der Waals surface area contributed by atoms with Crippen molar-refractivity contribution in [1.82, 2.24) is 10.2 Å². The van der Waals surface area contributed by atoms with Crippen LogP contribution in [-0.2, 0) is 0 Å². The Morgan fingerprint density at radius 3 is 2.47 bits per heavy atom. The van der Waals surface area contributed by atoms with Crippen LogP contribution >= 0.6 is 0 Å². The van der Waals surface area contributed by atoms with Crippen molar-refractivity contribution in [3.8, 4) is 12.3 Å². The third-order valence-electron chi connectivity index (χ3n) is 2.54. The first kappa shape index (κ1) is 14.5. The van der Waals surface area contributed by atoms with Crippen molar-refractivity contribution in [2.75, 3.05) is 19.6 Å². The maximum absolute atomic E-state index is 5.37. The van der Waals surface area contributed by atoms with E-state index in [1.54, 1.807) is 0 Å². The number of rotatable bonds is 8. The number of terminal acetylenes is 1. The molecule has 0 aliphatic heterocycles. The van der Waals surface area contributed by atoms with Crippen LogP contribution in [0.15, 0.2) is 0 Å². The Hall–Kier alpha value is -0.520. The van der Waals surface area contributed by atoms with Gasteiger partial charge in [0, 0.05) is 12.1 Å². The zero-order valence-electron chi connectivity index (χ0n) is 10.7. The summed E-state index contributed by atoms with van der Waals surface area (Å²) in [6.07, 6.45) is 7.70. The molecule has 1 N–H and O–H groups in total. The molecule has 0 heterocycles. The molecule has 2 heteroatoms. The highest BCUT2D eigenvalue weighted by molar-refractivity contribution is 4.89. The zero-order valence-corrected chi connectivity index (χ0v) is 10.7. The highest BCUT2D eigenvalue weighted by Crippen LogP contribution is 2.03. The van der Waals surface area contributed by atoms with E-state index < -0.39 is 0 Å². The SMILES string of the molecule is C#CCN(CCC)C(C)CCNC(C)C. The quantitative estimate of drug-likeness (QED) is 0.617. The molecule has 1 atom stereocenters. The van der Waals surface area contributed by atoms with Gasteiger partial charge in [-0.05, 0) is 32.9 Å². The molecule has 0 aromatic carbocycles. The van der Waals surface area contributed by atoms with Gasteiger partial charge in [0.25, 0.3) is 0 Å². The molecule has 1 unspecified atom stereocenters. The molecule has 0 radical (unpaired) electrons. The molecule has 88 valence electrons. The highest BCUT2D eigenvalue weighted by Gasteiger charge is 2.11. The lowest BCUT2D eigenvalue weighted by Crippen LogP contribution is -2.37. The first-order valence-corrected chi connectivity index (χ1v) is 6.02. The molecular formula is C13H26N2. The van der Waals surface area contributed by atoms with Crippen molar-refractivity contribution in [2.45, 2.75) is 52.6 Å². The molecule has 0 aromatic rings. The van der Waals surface area contributed by atoms with Crippen LogP contribution in [0.1, 0.15) is 40.5 Å². The smallest absolute Gasteiger partial charge is 0.0601 e. The fraction of sp³-hybridized carbons (Fsp3) is 0.846. The highest BCUT2D eigenvalue weighted by atomic mass is 15.1. The summed E-state index contributed by atoms with van der Waals surface area (Å²) < 4.78 is 0. The Morgan fingerprint density at radius 1 is 1.33 bits per heavy atom. The second-order valence-electron chi connectivity index (χ2n) is 4.42. The standard InChI is InChI=1S/C13H26N2/c1-6-10-15(11-7-2)13(5)8-9-14-12(3)4/h1,12-14H,7-11H2,2-5H3. The molecule has 0 spiro atoms. The van der Waals surface area contributed by atoms with Gasteiger partial charge in [0.2, 0.25) is 0 Å². The largest absolute Gasteiger partial charge is 0.314 e. The minimum atomic E-state index is 0.574. The Balaban J connectivity index is 3.81. The molecule has 0 saturated heterocycles. The average molecular weight is 210 g/mol. The predicted molar refractivity (Wildman–Crippen MR) is 67.9 cm³/mol. The van der Waals surface area contributed by atoms with Crippen LogP contribution in [0.25, 0.3) is 0 Å². The fourth-order valence-corrected chi connectivity index (χ4v) is 1.62. The first-order valence-electron chi connectivity index (χ1n) is 6.02. The maximum Gasteiger partial charge on any atom is 0.0601 e. The van der Waals surface area contributed by atoms with Gasteiger partial charge in [-0.1, -0.05) is 26.7 Å². The summed E-state index contributed by atoms with van der Waals surface area (Å²) in [5.74, 6) is 2.74. The molecule has 0 fully saturated rings. The fourth-order valence-electron chi connectivity index (χ4n) is 1.62. The lowest BCUT2D eigenvalue weighted by atomic mass is 10.2. The van der Waals surface area contributed by atoms with Crippen molar-refractivity contribution in [2.24, 2.45) is 0 Å². The number of hydrogen-bond donors (Lipinski definition) is 1. The molecule has 0 rings (SSSR count). The number of hydrogen-bond acceptors (Lipinski definition) is 2. The van der Waals surface area contributed by atoms with Crippen molar-refractivity contribution in [1.29, 1.82) is 0 Å². The lowest BCUT2D eigenvalue weighted by molar-refractivity contribution is 0.222. The molecule has 0 amide bonds. The lowest BCUT2D eigenvalue weighted by Gasteiger charge is -2.27. The van der Waals surface area contributed by atoms with E-state index in [-0.39, 0.29) is 0 Å². The van der Waals surface area contributed by atoms with Crippen molar-refractivity contribution in [3.05, 3.63) is 0 Å². The van der Waals surface area contributed by atoms with Gasteiger partial charge in [-0.15, -0.1) is 6.42 Å². The normalized spacial score (nSPS) is 13.1. The summed E-state index contributed by atoms with van der Waals surface area (Å²) in [7, 11) is 0. The van der Waals surface area contributed by atoms with E-state index in [0.29, 0.717) is 12.1 Å². The molecular weight excluding hydrogens is 184 g/mol. The zero-order chi connectivity index (χ0) is 11.7. The summed E-state index contributed by atoms with van der Waals surface area (Å²) in [6, 6.07) is 1.15. The summed E-state index contributed by atoms with van der Waals surface area (Å²) in [6.45, 7) is 11.8. The number of nitrogens with one attached hydrogen (secondary N) is 1. The first-order chi connectivity index (χ1) is 7.11. The summed E-state index contributed by atoms with van der Waals surface area (Å²) in [5, 5.41) is 3.44. The minimum Gasteiger partial charge on any atom is -0.314 e. The van der Waals surface area contributed by atoms with Gasteiger partial charge in [-0.2, -0.15) is 0 Å². The van der Waals surface area contributed by atoms with E-state index >= 15 is 0 Å². The van der Waals surface area contributed by atoms with E-state index in [2.05, 4.69) is 43.8 Å². The van der Waals surface area contributed by atoms with Crippen LogP contribution in [0.5, 0.6) is 0 Å². The van der Waals surface area contributed by atoms with Crippen LogP contribution in [0, 0.1) is 12.3 Å². The molecule has 15 heavy (non-hydrogen) atoms. The molecule has 0 aliphatic carbocycles. The van der Waals surface area contributed by atoms with Gasteiger partial charge in [-0.25, -0.2) is 0 Å². The Morgan fingerprint density at radius 2 is 2.00 bits per heavy atom. The van der Waals surface area contributed by atoms with Crippen LogP contribution < -0.4 is 5.32 Å². The van der Waals surface area contributed by atoms with E-state index in [0.717, 1.165) is 19.6 Å². The topological polar surface area (TPSA) is 15.3 Å². The van der Waals surface area contributed by atoms with Crippen LogP contribution in [0.2, 0.25) is 0 Å². The minimum absolute atomic E-state index is 0.574. The molecule has 0 saturated carbocycles. The Kier molecular flexibility index (Phi) is 8.46. The van der Waals surface area contributed by atoms with Crippen LogP contribution in [-0.4, -0.2) is 36.6 Å². The van der Waals surface area contributed by atoms with Gasteiger partial charge < -0.3 is 5.32 Å². The number of nitrogens with zero attached hydrogens (tertiary/aromatic N) is 1. The Bertz CT molecular complexity index is 181. The second-order valence-corrected chi connectivity index (χ2v) is 4.42. The van der Waals surface area contributed by atoms with E-state index in [4.69, 9.17) is 6.42 Å².